The molecular formula is C14H29N. The summed E-state index contributed by atoms with van der Waals surface area (Å²) in [5.74, 6) is 1.90. The lowest BCUT2D eigenvalue weighted by atomic mass is 9.76. The standard InChI is InChI=1S/C14H29N/c1-5-9-15-11-14(4,13-7-8-13)10-12(3)6-2/h12-13,15H,5-11H2,1-4H3. The molecule has 1 heteroatoms. The van der Waals surface area contributed by atoms with Crippen molar-refractivity contribution in [1.29, 1.82) is 0 Å². The second-order valence-corrected chi connectivity index (χ2v) is 5.82. The van der Waals surface area contributed by atoms with E-state index in [1.54, 1.807) is 0 Å². The number of hydrogen-bond donors (Lipinski definition) is 1. The molecule has 1 rings (SSSR count). The van der Waals surface area contributed by atoms with Crippen LogP contribution in [0.1, 0.15) is 59.8 Å². The van der Waals surface area contributed by atoms with Crippen LogP contribution in [-0.4, -0.2) is 13.1 Å². The third-order valence-corrected chi connectivity index (χ3v) is 4.03. The lowest BCUT2D eigenvalue weighted by molar-refractivity contribution is 0.198. The van der Waals surface area contributed by atoms with Crippen molar-refractivity contribution in [1.82, 2.24) is 5.32 Å². The molecule has 0 bridgehead atoms. The molecule has 0 heterocycles. The van der Waals surface area contributed by atoms with Gasteiger partial charge in [0.05, 0.1) is 0 Å². The van der Waals surface area contributed by atoms with Crippen LogP contribution in [0.2, 0.25) is 0 Å². The van der Waals surface area contributed by atoms with Gasteiger partial charge in [-0.05, 0) is 49.5 Å². The smallest absolute Gasteiger partial charge is 0.000791 e. The van der Waals surface area contributed by atoms with E-state index < -0.39 is 0 Å². The van der Waals surface area contributed by atoms with Gasteiger partial charge in [0, 0.05) is 6.54 Å². The topological polar surface area (TPSA) is 12.0 Å². The number of nitrogens with one attached hydrogen (secondary N) is 1. The van der Waals surface area contributed by atoms with Gasteiger partial charge in [0.15, 0.2) is 0 Å². The highest BCUT2D eigenvalue weighted by molar-refractivity contribution is 4.93. The minimum Gasteiger partial charge on any atom is -0.316 e. The predicted octanol–water partition coefficient (Wildman–Crippen LogP) is 3.84. The minimum absolute atomic E-state index is 0.574. The van der Waals surface area contributed by atoms with Gasteiger partial charge < -0.3 is 5.32 Å². The summed E-state index contributed by atoms with van der Waals surface area (Å²) < 4.78 is 0. The second kappa shape index (κ2) is 5.89. The Bertz CT molecular complexity index is 174. The summed E-state index contributed by atoms with van der Waals surface area (Å²) >= 11 is 0. The Morgan fingerprint density at radius 3 is 2.47 bits per heavy atom. The van der Waals surface area contributed by atoms with Gasteiger partial charge in [0.25, 0.3) is 0 Å². The zero-order chi connectivity index (χ0) is 11.3. The lowest BCUT2D eigenvalue weighted by Crippen LogP contribution is -2.35. The van der Waals surface area contributed by atoms with Crippen molar-refractivity contribution in [3.05, 3.63) is 0 Å². The van der Waals surface area contributed by atoms with Crippen molar-refractivity contribution in [2.24, 2.45) is 17.3 Å². The molecule has 2 atom stereocenters. The summed E-state index contributed by atoms with van der Waals surface area (Å²) in [4.78, 5) is 0. The number of hydrogen-bond acceptors (Lipinski definition) is 1. The van der Waals surface area contributed by atoms with E-state index in [9.17, 15) is 0 Å². The fraction of sp³-hybridized carbons (Fsp3) is 1.00. The van der Waals surface area contributed by atoms with Crippen LogP contribution in [0.15, 0.2) is 0 Å². The monoisotopic (exact) mass is 211 g/mol. The van der Waals surface area contributed by atoms with E-state index in [2.05, 4.69) is 33.0 Å². The fourth-order valence-corrected chi connectivity index (χ4v) is 2.65. The van der Waals surface area contributed by atoms with Gasteiger partial charge in [-0.1, -0.05) is 34.1 Å². The first-order valence-electron chi connectivity index (χ1n) is 6.83. The van der Waals surface area contributed by atoms with Crippen molar-refractivity contribution in [3.8, 4) is 0 Å². The molecule has 1 aliphatic rings. The SMILES string of the molecule is CCCNCC(C)(CC(C)CC)C1CC1. The highest BCUT2D eigenvalue weighted by atomic mass is 14.9. The van der Waals surface area contributed by atoms with Gasteiger partial charge in [0.2, 0.25) is 0 Å². The van der Waals surface area contributed by atoms with Crippen LogP contribution in [0.25, 0.3) is 0 Å². The average Bonchev–Trinajstić information content (AvgIpc) is 3.01. The molecule has 2 unspecified atom stereocenters. The summed E-state index contributed by atoms with van der Waals surface area (Å²) in [5, 5.41) is 3.63. The summed E-state index contributed by atoms with van der Waals surface area (Å²) in [7, 11) is 0. The van der Waals surface area contributed by atoms with E-state index in [1.165, 1.54) is 45.2 Å². The van der Waals surface area contributed by atoms with E-state index in [-0.39, 0.29) is 0 Å². The fourth-order valence-electron chi connectivity index (χ4n) is 2.65. The van der Waals surface area contributed by atoms with E-state index in [1.807, 2.05) is 0 Å². The van der Waals surface area contributed by atoms with Gasteiger partial charge in [-0.25, -0.2) is 0 Å². The van der Waals surface area contributed by atoms with Crippen molar-refractivity contribution in [3.63, 3.8) is 0 Å². The molecule has 0 amide bonds. The maximum absolute atomic E-state index is 3.63. The molecule has 0 aromatic rings. The predicted molar refractivity (Wildman–Crippen MR) is 68.1 cm³/mol. The normalized spacial score (nSPS) is 22.4. The first-order chi connectivity index (χ1) is 7.12. The molecule has 15 heavy (non-hydrogen) atoms. The molecule has 0 radical (unpaired) electrons. The van der Waals surface area contributed by atoms with Gasteiger partial charge in [-0.15, -0.1) is 0 Å². The molecule has 1 aliphatic carbocycles. The van der Waals surface area contributed by atoms with Crippen LogP contribution in [0.4, 0.5) is 0 Å². The van der Waals surface area contributed by atoms with Crippen LogP contribution in [0.3, 0.4) is 0 Å². The minimum atomic E-state index is 0.574. The summed E-state index contributed by atoms with van der Waals surface area (Å²) in [6.07, 6.45) is 6.94. The highest BCUT2D eigenvalue weighted by Gasteiger charge is 2.41. The zero-order valence-electron chi connectivity index (χ0n) is 11.1. The van der Waals surface area contributed by atoms with Crippen molar-refractivity contribution in [2.75, 3.05) is 13.1 Å². The highest BCUT2D eigenvalue weighted by Crippen LogP contribution is 2.48. The molecular weight excluding hydrogens is 182 g/mol. The van der Waals surface area contributed by atoms with E-state index in [0.29, 0.717) is 5.41 Å². The first kappa shape index (κ1) is 13.0. The molecule has 0 aromatic carbocycles. The summed E-state index contributed by atoms with van der Waals surface area (Å²) in [5.41, 5.74) is 0.574. The second-order valence-electron chi connectivity index (χ2n) is 5.82. The lowest BCUT2D eigenvalue weighted by Gasteiger charge is -2.32. The van der Waals surface area contributed by atoms with Gasteiger partial charge in [-0.2, -0.15) is 0 Å². The van der Waals surface area contributed by atoms with E-state index in [0.717, 1.165) is 11.8 Å². The molecule has 0 aliphatic heterocycles. The Morgan fingerprint density at radius 2 is 2.00 bits per heavy atom. The van der Waals surface area contributed by atoms with E-state index >= 15 is 0 Å². The van der Waals surface area contributed by atoms with E-state index in [4.69, 9.17) is 0 Å². The maximum Gasteiger partial charge on any atom is 0.000791 e. The summed E-state index contributed by atoms with van der Waals surface area (Å²) in [6, 6.07) is 0. The Hall–Kier alpha value is -0.0400. The van der Waals surface area contributed by atoms with Gasteiger partial charge in [0.1, 0.15) is 0 Å². The zero-order valence-corrected chi connectivity index (χ0v) is 11.1. The Kier molecular flexibility index (Phi) is 5.11. The van der Waals surface area contributed by atoms with Crippen LogP contribution < -0.4 is 5.32 Å². The first-order valence-corrected chi connectivity index (χ1v) is 6.83. The Morgan fingerprint density at radius 1 is 1.33 bits per heavy atom. The third kappa shape index (κ3) is 4.14. The third-order valence-electron chi connectivity index (χ3n) is 4.03. The summed E-state index contributed by atoms with van der Waals surface area (Å²) in [6.45, 7) is 11.9. The van der Waals surface area contributed by atoms with Crippen LogP contribution >= 0.6 is 0 Å². The molecule has 1 N–H and O–H groups in total. The largest absolute Gasteiger partial charge is 0.316 e. The van der Waals surface area contributed by atoms with Crippen molar-refractivity contribution < 1.29 is 0 Å². The molecule has 0 saturated heterocycles. The quantitative estimate of drug-likeness (QED) is 0.602. The maximum atomic E-state index is 3.63. The molecule has 0 aromatic heterocycles. The van der Waals surface area contributed by atoms with Crippen LogP contribution in [-0.2, 0) is 0 Å². The van der Waals surface area contributed by atoms with Gasteiger partial charge >= 0.3 is 0 Å². The van der Waals surface area contributed by atoms with Crippen molar-refractivity contribution in [2.45, 2.75) is 59.8 Å². The van der Waals surface area contributed by atoms with Crippen LogP contribution in [0.5, 0.6) is 0 Å². The average molecular weight is 211 g/mol. The molecule has 1 nitrogen and oxygen atoms in total. The molecule has 90 valence electrons. The van der Waals surface area contributed by atoms with Crippen molar-refractivity contribution >= 4 is 0 Å². The Labute approximate surface area is 96.0 Å². The van der Waals surface area contributed by atoms with Crippen LogP contribution in [0, 0.1) is 17.3 Å². The molecule has 1 fully saturated rings. The molecule has 0 spiro atoms. The molecule has 1 saturated carbocycles. The van der Waals surface area contributed by atoms with Gasteiger partial charge in [-0.3, -0.25) is 0 Å². The number of rotatable bonds is 8. The Balaban J connectivity index is 2.38.